The Morgan fingerprint density at radius 2 is 1.74 bits per heavy atom. The molecule has 2 aromatic carbocycles. The van der Waals surface area contributed by atoms with Crippen LogP contribution in [0.3, 0.4) is 0 Å². The summed E-state index contributed by atoms with van der Waals surface area (Å²) in [6.45, 7) is 2.58. The van der Waals surface area contributed by atoms with Gasteiger partial charge in [0.15, 0.2) is 0 Å². The number of hydrogen-bond acceptors (Lipinski definition) is 7. The number of ether oxygens (including phenoxy) is 2. The third-order valence-electron chi connectivity index (χ3n) is 4.84. The summed E-state index contributed by atoms with van der Waals surface area (Å²) >= 11 is 0. The van der Waals surface area contributed by atoms with E-state index in [0.29, 0.717) is 55.0 Å². The third kappa shape index (κ3) is 4.04. The van der Waals surface area contributed by atoms with Crippen molar-refractivity contribution < 1.29 is 27.1 Å². The van der Waals surface area contributed by atoms with E-state index in [9.17, 15) is 13.2 Å². The van der Waals surface area contributed by atoms with Crippen LogP contribution >= 0.6 is 0 Å². The maximum absolute atomic E-state index is 12.4. The Kier molecular flexibility index (Phi) is 4.74. The summed E-state index contributed by atoms with van der Waals surface area (Å²) in [6.07, 6.45) is -3.14. The summed E-state index contributed by atoms with van der Waals surface area (Å²) in [5.74, 6) is 0.0768. The number of morpholine rings is 1. The quantitative estimate of drug-likeness (QED) is 0.486. The number of fused-ring (bicyclic) bond motifs is 1. The average Bonchev–Trinajstić information content (AvgIpc) is 3.41. The van der Waals surface area contributed by atoms with E-state index in [2.05, 4.69) is 19.9 Å². The first-order chi connectivity index (χ1) is 15.0. The van der Waals surface area contributed by atoms with Gasteiger partial charge in [-0.2, -0.15) is 0 Å². The monoisotopic (exact) mass is 431 g/mol. The molecule has 1 aliphatic heterocycles. The number of halogens is 3. The van der Waals surface area contributed by atoms with Crippen molar-refractivity contribution in [1.82, 2.24) is 19.7 Å². The molecule has 0 aliphatic carbocycles. The Labute approximate surface area is 173 Å². The minimum atomic E-state index is -4.73. The number of alkyl halides is 3. The summed E-state index contributed by atoms with van der Waals surface area (Å²) < 4.78 is 54.0. The van der Waals surface area contributed by atoms with Crippen LogP contribution in [0.4, 0.5) is 19.2 Å². The zero-order chi connectivity index (χ0) is 21.4. The van der Waals surface area contributed by atoms with Crippen molar-refractivity contribution in [2.24, 2.45) is 0 Å². The van der Waals surface area contributed by atoms with Gasteiger partial charge in [0.05, 0.1) is 24.2 Å². The molecule has 0 atom stereocenters. The zero-order valence-electron chi connectivity index (χ0n) is 16.0. The molecule has 0 radical (unpaired) electrons. The van der Waals surface area contributed by atoms with Crippen LogP contribution in [0, 0.1) is 0 Å². The molecule has 2 aromatic heterocycles. The number of nitrogens with zero attached hydrogens (tertiary/aromatic N) is 5. The molecule has 0 amide bonds. The number of aromatic nitrogens is 4. The van der Waals surface area contributed by atoms with Gasteiger partial charge < -0.3 is 18.8 Å². The van der Waals surface area contributed by atoms with Crippen LogP contribution in [0.1, 0.15) is 0 Å². The van der Waals surface area contributed by atoms with Crippen LogP contribution in [0.2, 0.25) is 0 Å². The zero-order valence-corrected chi connectivity index (χ0v) is 16.0. The molecule has 31 heavy (non-hydrogen) atoms. The van der Waals surface area contributed by atoms with Gasteiger partial charge in [-0.3, -0.25) is 4.57 Å². The molecule has 1 saturated heterocycles. The van der Waals surface area contributed by atoms with Crippen molar-refractivity contribution >= 4 is 17.0 Å². The minimum Gasteiger partial charge on any atom is -0.406 e. The Morgan fingerprint density at radius 3 is 2.48 bits per heavy atom. The molecule has 0 N–H and O–H groups in total. The van der Waals surface area contributed by atoms with Crippen molar-refractivity contribution in [3.8, 4) is 22.9 Å². The fraction of sp³-hybridized carbons (Fsp3) is 0.250. The van der Waals surface area contributed by atoms with Gasteiger partial charge in [0.1, 0.15) is 12.1 Å². The molecule has 0 unspecified atom stereocenters. The average molecular weight is 431 g/mol. The van der Waals surface area contributed by atoms with Gasteiger partial charge in [-0.25, -0.2) is 4.98 Å². The van der Waals surface area contributed by atoms with Gasteiger partial charge in [-0.15, -0.1) is 18.3 Å². The number of anilines is 1. The molecular weight excluding hydrogens is 415 g/mol. The SMILES string of the molecule is FC(F)(F)Oc1ccc(-n2cnc3ccc(-c4nnc(N5CCOCC5)o4)cc32)cc1. The molecule has 0 bridgehead atoms. The second kappa shape index (κ2) is 7.58. The Morgan fingerprint density at radius 1 is 0.968 bits per heavy atom. The van der Waals surface area contributed by atoms with Gasteiger partial charge in [0, 0.05) is 24.3 Å². The molecule has 0 spiro atoms. The summed E-state index contributed by atoms with van der Waals surface area (Å²) in [7, 11) is 0. The van der Waals surface area contributed by atoms with Gasteiger partial charge in [0.25, 0.3) is 0 Å². The number of rotatable bonds is 4. The second-order valence-corrected chi connectivity index (χ2v) is 6.85. The third-order valence-corrected chi connectivity index (χ3v) is 4.84. The molecule has 1 aliphatic rings. The fourth-order valence-electron chi connectivity index (χ4n) is 3.37. The number of benzene rings is 2. The highest BCUT2D eigenvalue weighted by molar-refractivity contribution is 5.82. The molecule has 8 nitrogen and oxygen atoms in total. The molecule has 5 rings (SSSR count). The molecule has 11 heteroatoms. The topological polar surface area (TPSA) is 78.4 Å². The van der Waals surface area contributed by atoms with E-state index in [1.54, 1.807) is 10.9 Å². The lowest BCUT2D eigenvalue weighted by molar-refractivity contribution is -0.274. The van der Waals surface area contributed by atoms with Crippen LogP contribution < -0.4 is 9.64 Å². The Balaban J connectivity index is 1.44. The number of imidazole rings is 1. The molecule has 160 valence electrons. The van der Waals surface area contributed by atoms with Gasteiger partial charge in [-0.1, -0.05) is 5.10 Å². The number of hydrogen-bond donors (Lipinski definition) is 0. The summed E-state index contributed by atoms with van der Waals surface area (Å²) in [5, 5.41) is 8.28. The van der Waals surface area contributed by atoms with Gasteiger partial charge in [0.2, 0.25) is 5.89 Å². The Hall–Kier alpha value is -3.60. The van der Waals surface area contributed by atoms with E-state index in [1.165, 1.54) is 24.3 Å². The maximum Gasteiger partial charge on any atom is 0.573 e. The Bertz CT molecular complexity index is 1200. The highest BCUT2D eigenvalue weighted by atomic mass is 19.4. The van der Waals surface area contributed by atoms with Crippen LogP contribution in [-0.4, -0.2) is 52.4 Å². The first-order valence-electron chi connectivity index (χ1n) is 9.46. The van der Waals surface area contributed by atoms with Crippen molar-refractivity contribution in [3.63, 3.8) is 0 Å². The van der Waals surface area contributed by atoms with E-state index >= 15 is 0 Å². The van der Waals surface area contributed by atoms with Crippen LogP contribution in [-0.2, 0) is 4.74 Å². The van der Waals surface area contributed by atoms with Gasteiger partial charge in [-0.05, 0) is 42.5 Å². The summed E-state index contributed by atoms with van der Waals surface area (Å²) in [5.41, 5.74) is 2.80. The predicted molar refractivity (Wildman–Crippen MR) is 104 cm³/mol. The lowest BCUT2D eigenvalue weighted by Crippen LogP contribution is -2.36. The first-order valence-corrected chi connectivity index (χ1v) is 9.46. The van der Waals surface area contributed by atoms with Crippen LogP contribution in [0.25, 0.3) is 28.2 Å². The van der Waals surface area contributed by atoms with E-state index < -0.39 is 6.36 Å². The van der Waals surface area contributed by atoms with E-state index in [0.717, 1.165) is 5.52 Å². The smallest absolute Gasteiger partial charge is 0.406 e. The predicted octanol–water partition coefficient (Wildman–Crippen LogP) is 3.81. The van der Waals surface area contributed by atoms with Crippen LogP contribution in [0.5, 0.6) is 5.75 Å². The molecular formula is C20H16F3N5O3. The van der Waals surface area contributed by atoms with Crippen LogP contribution in [0.15, 0.2) is 53.2 Å². The molecule has 1 fully saturated rings. The van der Waals surface area contributed by atoms with Crippen molar-refractivity contribution in [2.75, 3.05) is 31.2 Å². The minimum absolute atomic E-state index is 0.289. The maximum atomic E-state index is 12.4. The second-order valence-electron chi connectivity index (χ2n) is 6.85. The van der Waals surface area contributed by atoms with Gasteiger partial charge >= 0.3 is 12.4 Å². The standard InChI is InChI=1S/C20H16F3N5O3/c21-20(22,23)31-15-4-2-14(3-5-15)28-12-24-16-6-1-13(11-17(16)28)18-25-26-19(30-18)27-7-9-29-10-8-27/h1-6,11-12H,7-10H2. The molecule has 0 saturated carbocycles. The highest BCUT2D eigenvalue weighted by Gasteiger charge is 2.31. The largest absolute Gasteiger partial charge is 0.573 e. The molecule has 3 heterocycles. The van der Waals surface area contributed by atoms with E-state index in [-0.39, 0.29) is 5.75 Å². The summed E-state index contributed by atoms with van der Waals surface area (Å²) in [6, 6.07) is 11.5. The summed E-state index contributed by atoms with van der Waals surface area (Å²) in [4.78, 5) is 6.32. The van der Waals surface area contributed by atoms with E-state index in [4.69, 9.17) is 9.15 Å². The molecule has 4 aromatic rings. The van der Waals surface area contributed by atoms with Crippen molar-refractivity contribution in [1.29, 1.82) is 0 Å². The fourth-order valence-corrected chi connectivity index (χ4v) is 3.37. The van der Waals surface area contributed by atoms with Crippen molar-refractivity contribution in [3.05, 3.63) is 48.8 Å². The normalized spacial score (nSPS) is 14.9. The van der Waals surface area contributed by atoms with E-state index in [1.807, 2.05) is 23.1 Å². The first kappa shape index (κ1) is 19.4. The lowest BCUT2D eigenvalue weighted by Gasteiger charge is -2.24. The lowest BCUT2D eigenvalue weighted by atomic mass is 10.2. The van der Waals surface area contributed by atoms with Crippen molar-refractivity contribution in [2.45, 2.75) is 6.36 Å². The highest BCUT2D eigenvalue weighted by Crippen LogP contribution is 2.28.